The summed E-state index contributed by atoms with van der Waals surface area (Å²) in [7, 11) is 0. The van der Waals surface area contributed by atoms with Gasteiger partial charge in [0.15, 0.2) is 6.10 Å². The fraction of sp³-hybridized carbons (Fsp3) is 0.364. The van der Waals surface area contributed by atoms with E-state index in [0.717, 1.165) is 12.1 Å². The summed E-state index contributed by atoms with van der Waals surface area (Å²) in [5, 5.41) is 9.44. The lowest BCUT2D eigenvalue weighted by molar-refractivity contribution is -0.144. The first kappa shape index (κ1) is 11.9. The van der Waals surface area contributed by atoms with Gasteiger partial charge in [0.2, 0.25) is 0 Å². The molecule has 0 amide bonds. The number of carbonyl (C=O) groups is 1. The van der Waals surface area contributed by atoms with Crippen molar-refractivity contribution in [1.29, 1.82) is 0 Å². The Labute approximate surface area is 94.8 Å². The molecule has 1 aliphatic rings. The predicted molar refractivity (Wildman–Crippen MR) is 51.2 cm³/mol. The topological polar surface area (TPSA) is 46.5 Å². The summed E-state index contributed by atoms with van der Waals surface area (Å²) in [5.41, 5.74) is -0.308. The molecule has 0 aliphatic carbocycles. The first-order chi connectivity index (χ1) is 7.89. The Morgan fingerprint density at radius 2 is 1.82 bits per heavy atom. The van der Waals surface area contributed by atoms with Crippen molar-refractivity contribution in [1.82, 2.24) is 0 Å². The van der Waals surface area contributed by atoms with E-state index >= 15 is 0 Å². The maximum Gasteiger partial charge on any atom is 0.416 e. The second-order valence-corrected chi connectivity index (χ2v) is 3.80. The average molecular weight is 246 g/mol. The van der Waals surface area contributed by atoms with Crippen molar-refractivity contribution >= 4 is 5.97 Å². The number of alkyl halides is 3. The average Bonchev–Trinajstić information content (AvgIpc) is 2.59. The van der Waals surface area contributed by atoms with Crippen LogP contribution < -0.4 is 0 Å². The molecule has 1 saturated heterocycles. The molecule has 0 bridgehead atoms. The Kier molecular flexibility index (Phi) is 2.82. The molecular formula is C11H9F3O3. The Hall–Kier alpha value is -1.56. The standard InChI is InChI=1S/C11H9F3O3/c12-11(13,14)7-3-1-6(2-4-7)8-5-17-10(16)9(8)15/h1-4,8-9,15H,5H2. The molecule has 6 heteroatoms. The highest BCUT2D eigenvalue weighted by atomic mass is 19.4. The SMILES string of the molecule is O=C1OCC(c2ccc(C(F)(F)F)cc2)C1O. The maximum absolute atomic E-state index is 12.3. The third-order valence-corrected chi connectivity index (χ3v) is 2.69. The van der Waals surface area contributed by atoms with E-state index in [1.54, 1.807) is 0 Å². The highest BCUT2D eigenvalue weighted by molar-refractivity contribution is 5.78. The number of cyclic esters (lactones) is 1. The number of hydrogen-bond donors (Lipinski definition) is 1. The summed E-state index contributed by atoms with van der Waals surface area (Å²) in [6, 6.07) is 4.34. The van der Waals surface area contributed by atoms with Gasteiger partial charge in [0.1, 0.15) is 6.61 Å². The van der Waals surface area contributed by atoms with Gasteiger partial charge in [0.05, 0.1) is 11.5 Å². The van der Waals surface area contributed by atoms with Crippen LogP contribution in [0.25, 0.3) is 0 Å². The van der Waals surface area contributed by atoms with Crippen LogP contribution in [0.5, 0.6) is 0 Å². The number of benzene rings is 1. The molecule has 0 radical (unpaired) electrons. The van der Waals surface area contributed by atoms with Gasteiger partial charge in [0.25, 0.3) is 0 Å². The first-order valence-corrected chi connectivity index (χ1v) is 4.91. The molecule has 1 fully saturated rings. The summed E-state index contributed by atoms with van der Waals surface area (Å²) in [4.78, 5) is 10.9. The van der Waals surface area contributed by atoms with Crippen LogP contribution in [0.3, 0.4) is 0 Å². The Balaban J connectivity index is 2.22. The van der Waals surface area contributed by atoms with E-state index in [2.05, 4.69) is 4.74 Å². The van der Waals surface area contributed by atoms with Gasteiger partial charge in [0, 0.05) is 0 Å². The van der Waals surface area contributed by atoms with Gasteiger partial charge in [-0.3, -0.25) is 0 Å². The summed E-state index contributed by atoms with van der Waals surface area (Å²) < 4.78 is 41.5. The highest BCUT2D eigenvalue weighted by Gasteiger charge is 2.37. The second kappa shape index (κ2) is 4.03. The van der Waals surface area contributed by atoms with Crippen molar-refractivity contribution in [2.75, 3.05) is 6.61 Å². The number of aliphatic hydroxyl groups excluding tert-OH is 1. The van der Waals surface area contributed by atoms with E-state index in [9.17, 15) is 23.1 Å². The molecule has 2 unspecified atom stereocenters. The minimum absolute atomic E-state index is 0.00857. The molecule has 1 heterocycles. The Bertz CT molecular complexity index is 425. The monoisotopic (exact) mass is 246 g/mol. The van der Waals surface area contributed by atoms with Crippen molar-refractivity contribution in [3.8, 4) is 0 Å². The van der Waals surface area contributed by atoms with E-state index in [1.165, 1.54) is 12.1 Å². The number of carbonyl (C=O) groups excluding carboxylic acids is 1. The third kappa shape index (κ3) is 2.26. The van der Waals surface area contributed by atoms with Gasteiger partial charge in [-0.2, -0.15) is 13.2 Å². The van der Waals surface area contributed by atoms with E-state index in [0.29, 0.717) is 5.56 Å². The number of halogens is 3. The van der Waals surface area contributed by atoms with Gasteiger partial charge in [-0.05, 0) is 17.7 Å². The largest absolute Gasteiger partial charge is 0.463 e. The summed E-state index contributed by atoms with van der Waals surface area (Å²) >= 11 is 0. The first-order valence-electron chi connectivity index (χ1n) is 4.91. The summed E-state index contributed by atoms with van der Waals surface area (Å²) in [6.45, 7) is -0.00857. The van der Waals surface area contributed by atoms with E-state index in [-0.39, 0.29) is 6.61 Å². The van der Waals surface area contributed by atoms with Gasteiger partial charge in [-0.25, -0.2) is 4.79 Å². The molecule has 2 rings (SSSR count). The van der Waals surface area contributed by atoms with Crippen LogP contribution >= 0.6 is 0 Å². The molecule has 0 spiro atoms. The molecule has 1 aliphatic heterocycles. The van der Waals surface area contributed by atoms with Crippen molar-refractivity contribution in [3.05, 3.63) is 35.4 Å². The Morgan fingerprint density at radius 1 is 1.24 bits per heavy atom. The van der Waals surface area contributed by atoms with Crippen LogP contribution in [-0.4, -0.2) is 23.8 Å². The van der Waals surface area contributed by atoms with Gasteiger partial charge < -0.3 is 9.84 Å². The highest BCUT2D eigenvalue weighted by Crippen LogP contribution is 2.32. The molecule has 1 aromatic carbocycles. The smallest absolute Gasteiger partial charge is 0.416 e. The number of hydrogen-bond acceptors (Lipinski definition) is 3. The molecule has 1 aromatic rings. The number of ether oxygens (including phenoxy) is 1. The molecule has 0 aromatic heterocycles. The van der Waals surface area contributed by atoms with Crippen molar-refractivity contribution < 1.29 is 27.8 Å². The second-order valence-electron chi connectivity index (χ2n) is 3.80. The fourth-order valence-corrected chi connectivity index (χ4v) is 1.71. The van der Waals surface area contributed by atoms with E-state index in [4.69, 9.17) is 0 Å². The summed E-state index contributed by atoms with van der Waals surface area (Å²) in [6.07, 6.45) is -5.69. The zero-order valence-electron chi connectivity index (χ0n) is 8.57. The van der Waals surface area contributed by atoms with Crippen molar-refractivity contribution in [2.45, 2.75) is 18.2 Å². The normalized spacial score (nSPS) is 24.8. The van der Waals surface area contributed by atoms with E-state index in [1.807, 2.05) is 0 Å². The van der Waals surface area contributed by atoms with Gasteiger partial charge in [-0.15, -0.1) is 0 Å². The van der Waals surface area contributed by atoms with Gasteiger partial charge in [-0.1, -0.05) is 12.1 Å². The molecular weight excluding hydrogens is 237 g/mol. The molecule has 2 atom stereocenters. The molecule has 17 heavy (non-hydrogen) atoms. The van der Waals surface area contributed by atoms with Crippen LogP contribution in [-0.2, 0) is 15.7 Å². The van der Waals surface area contributed by atoms with Crippen LogP contribution in [0.15, 0.2) is 24.3 Å². The summed E-state index contributed by atoms with van der Waals surface area (Å²) in [5.74, 6) is -1.33. The molecule has 1 N–H and O–H groups in total. The number of aliphatic hydroxyl groups is 1. The quantitative estimate of drug-likeness (QED) is 0.767. The lowest BCUT2D eigenvalue weighted by atomic mass is 9.95. The fourth-order valence-electron chi connectivity index (χ4n) is 1.71. The minimum Gasteiger partial charge on any atom is -0.463 e. The van der Waals surface area contributed by atoms with E-state index < -0.39 is 29.7 Å². The maximum atomic E-state index is 12.3. The number of rotatable bonds is 1. The minimum atomic E-state index is -4.39. The molecule has 0 saturated carbocycles. The molecule has 3 nitrogen and oxygen atoms in total. The van der Waals surface area contributed by atoms with Crippen molar-refractivity contribution in [3.63, 3.8) is 0 Å². The zero-order chi connectivity index (χ0) is 12.6. The van der Waals surface area contributed by atoms with Crippen LogP contribution in [0.1, 0.15) is 17.0 Å². The lowest BCUT2D eigenvalue weighted by Crippen LogP contribution is -2.20. The third-order valence-electron chi connectivity index (χ3n) is 2.69. The lowest BCUT2D eigenvalue weighted by Gasteiger charge is -2.12. The molecule has 92 valence electrons. The van der Waals surface area contributed by atoms with Gasteiger partial charge >= 0.3 is 12.1 Å². The Morgan fingerprint density at radius 3 is 2.24 bits per heavy atom. The number of esters is 1. The van der Waals surface area contributed by atoms with Crippen molar-refractivity contribution in [2.24, 2.45) is 0 Å². The predicted octanol–water partition coefficient (Wildman–Crippen LogP) is 1.71. The van der Waals surface area contributed by atoms with Crippen LogP contribution in [0, 0.1) is 0 Å². The van der Waals surface area contributed by atoms with Crippen LogP contribution in [0.4, 0.5) is 13.2 Å². The zero-order valence-corrected chi connectivity index (χ0v) is 8.57. The van der Waals surface area contributed by atoms with Crippen LogP contribution in [0.2, 0.25) is 0 Å².